The van der Waals surface area contributed by atoms with Crippen LogP contribution in [0.3, 0.4) is 0 Å². The predicted octanol–water partition coefficient (Wildman–Crippen LogP) is 7.52. The van der Waals surface area contributed by atoms with Crippen LogP contribution in [-0.2, 0) is 4.79 Å². The first kappa shape index (κ1) is 24.8. The third-order valence-electron chi connectivity index (χ3n) is 7.20. The van der Waals surface area contributed by atoms with Crippen LogP contribution in [0.15, 0.2) is 83.6 Å². The maximum atomic E-state index is 13.6. The van der Waals surface area contributed by atoms with Crippen LogP contribution in [0.25, 0.3) is 5.76 Å². The second-order valence-electron chi connectivity index (χ2n) is 9.59. The minimum Gasteiger partial charge on any atom is -0.507 e. The van der Waals surface area contributed by atoms with E-state index in [1.54, 1.807) is 12.0 Å². The number of ketones is 1. The van der Waals surface area contributed by atoms with Crippen molar-refractivity contribution in [3.8, 4) is 5.75 Å². The van der Waals surface area contributed by atoms with Crippen LogP contribution in [0, 0.1) is 19.3 Å². The van der Waals surface area contributed by atoms with E-state index in [2.05, 4.69) is 0 Å². The highest BCUT2D eigenvalue weighted by Crippen LogP contribution is 2.48. The molecule has 0 aromatic heterocycles. The van der Waals surface area contributed by atoms with Crippen LogP contribution in [0.1, 0.15) is 47.4 Å². The number of halogens is 1. The number of carbonyl (C=O) groups excluding carboxylic acids is 1. The fraction of sp³-hybridized carbons (Fsp3) is 0.226. The molecule has 37 heavy (non-hydrogen) atoms. The van der Waals surface area contributed by atoms with Gasteiger partial charge in [0, 0.05) is 45.5 Å². The fourth-order valence-corrected chi connectivity index (χ4v) is 5.37. The summed E-state index contributed by atoms with van der Waals surface area (Å²) >= 11 is 6.49. The summed E-state index contributed by atoms with van der Waals surface area (Å²) < 4.78 is 5.35. The number of anilines is 1. The van der Waals surface area contributed by atoms with E-state index in [0.717, 1.165) is 22.4 Å². The molecule has 0 spiro atoms. The lowest BCUT2D eigenvalue weighted by Gasteiger charge is -2.42. The zero-order valence-electron chi connectivity index (χ0n) is 21.1. The Morgan fingerprint density at radius 1 is 1.03 bits per heavy atom. The van der Waals surface area contributed by atoms with E-state index in [0.29, 0.717) is 52.4 Å². The largest absolute Gasteiger partial charge is 0.507 e. The number of aliphatic hydroxyl groups excluding tert-OH is 1. The average molecular weight is 513 g/mol. The first-order valence-corrected chi connectivity index (χ1v) is 12.7. The molecule has 1 atom stereocenters. The fourth-order valence-electron chi connectivity index (χ4n) is 5.19. The molecule has 6 heteroatoms. The Balaban J connectivity index is 1.81. The highest BCUT2D eigenvalue weighted by Gasteiger charge is 2.43. The van der Waals surface area contributed by atoms with Gasteiger partial charge in [-0.25, -0.2) is 0 Å². The first-order valence-electron chi connectivity index (χ1n) is 12.4. The summed E-state index contributed by atoms with van der Waals surface area (Å²) in [5.74, 6) is 0.265. The van der Waals surface area contributed by atoms with Crippen LogP contribution in [0.4, 0.5) is 5.69 Å². The maximum absolute atomic E-state index is 13.6. The normalized spacial score (nSPS) is 19.1. The Morgan fingerprint density at radius 2 is 1.73 bits per heavy atom. The molecule has 3 aromatic rings. The van der Waals surface area contributed by atoms with Crippen molar-refractivity contribution >= 4 is 34.7 Å². The van der Waals surface area contributed by atoms with E-state index in [9.17, 15) is 15.3 Å². The monoisotopic (exact) mass is 512 g/mol. The number of benzene rings is 3. The van der Waals surface area contributed by atoms with Gasteiger partial charge in [0.25, 0.3) is 0 Å². The van der Waals surface area contributed by atoms with Crippen molar-refractivity contribution in [2.75, 3.05) is 12.0 Å². The Labute approximate surface area is 222 Å². The van der Waals surface area contributed by atoms with Gasteiger partial charge in [0.05, 0.1) is 7.11 Å². The zero-order valence-corrected chi connectivity index (χ0v) is 21.9. The summed E-state index contributed by atoms with van der Waals surface area (Å²) in [7, 11) is 1.61. The number of hydrogen-bond donors (Lipinski definition) is 2. The molecule has 0 radical (unpaired) electrons. The molecule has 0 amide bonds. The van der Waals surface area contributed by atoms with E-state index in [-0.39, 0.29) is 17.4 Å². The lowest BCUT2D eigenvalue weighted by Crippen LogP contribution is -2.42. The molecule has 2 aliphatic rings. The molecule has 0 bridgehead atoms. The predicted molar refractivity (Wildman–Crippen MR) is 149 cm³/mol. The third kappa shape index (κ3) is 4.44. The molecule has 1 aliphatic heterocycles. The number of nitrogens with zero attached hydrogens (tertiary/aromatic N) is 1. The SMILES string of the molecule is COc1ccc(C2C3=C(CCCC3=O)N(c3ccc(C)c(Cl)c3)C(=N)/C2=C(/O)c2ccc(C)cc2)cc1. The molecule has 1 unspecified atom stereocenters. The Bertz CT molecular complexity index is 1450. The molecular weight excluding hydrogens is 484 g/mol. The van der Waals surface area contributed by atoms with Crippen molar-refractivity contribution in [1.29, 1.82) is 5.41 Å². The molecule has 2 N–H and O–H groups in total. The summed E-state index contributed by atoms with van der Waals surface area (Å²) in [4.78, 5) is 15.4. The van der Waals surface area contributed by atoms with Gasteiger partial charge in [0.1, 0.15) is 17.3 Å². The van der Waals surface area contributed by atoms with Gasteiger partial charge >= 0.3 is 0 Å². The van der Waals surface area contributed by atoms with E-state index in [1.165, 1.54) is 0 Å². The number of hydrogen-bond acceptors (Lipinski definition) is 4. The van der Waals surface area contributed by atoms with Crippen molar-refractivity contribution in [3.63, 3.8) is 0 Å². The van der Waals surface area contributed by atoms with E-state index in [4.69, 9.17) is 16.3 Å². The number of allylic oxidation sites excluding steroid dienone is 2. The number of aryl methyl sites for hydroxylation is 2. The zero-order chi connectivity index (χ0) is 26.3. The number of methoxy groups -OCH3 is 1. The number of rotatable bonds is 4. The minimum atomic E-state index is -0.584. The quantitative estimate of drug-likeness (QED) is 0.354. The third-order valence-corrected chi connectivity index (χ3v) is 7.60. The number of ether oxygens (including phenoxy) is 1. The standard InChI is InChI=1S/C31H29ClN2O3/c1-18-7-10-21(11-8-18)30(36)29-27(20-12-15-23(37-3)16-13-20)28-25(5-4-6-26(28)35)34(31(29)33)22-14-9-19(2)24(32)17-22/h7-17,27,33,36H,4-6H2,1-3H3/b30-29+,33-31?. The van der Waals surface area contributed by atoms with Crippen LogP contribution in [0.2, 0.25) is 5.02 Å². The molecule has 0 fully saturated rings. The Hall–Kier alpha value is -3.83. The molecule has 0 saturated carbocycles. The summed E-state index contributed by atoms with van der Waals surface area (Å²) in [6, 6.07) is 20.7. The van der Waals surface area contributed by atoms with Crippen LogP contribution < -0.4 is 9.64 Å². The molecule has 1 heterocycles. The lowest BCUT2D eigenvalue weighted by molar-refractivity contribution is -0.116. The van der Waals surface area contributed by atoms with Crippen LogP contribution in [-0.4, -0.2) is 23.8 Å². The van der Waals surface area contributed by atoms with E-state index >= 15 is 0 Å². The van der Waals surface area contributed by atoms with E-state index < -0.39 is 5.92 Å². The second kappa shape index (κ2) is 9.91. The van der Waals surface area contributed by atoms with Gasteiger partial charge < -0.3 is 9.84 Å². The Morgan fingerprint density at radius 3 is 2.38 bits per heavy atom. The molecule has 3 aromatic carbocycles. The summed E-state index contributed by atoms with van der Waals surface area (Å²) in [5, 5.41) is 21.7. The van der Waals surface area contributed by atoms with Crippen molar-refractivity contribution < 1.29 is 14.6 Å². The maximum Gasteiger partial charge on any atom is 0.161 e. The van der Waals surface area contributed by atoms with Gasteiger partial charge in [-0.2, -0.15) is 0 Å². The first-order chi connectivity index (χ1) is 17.8. The number of carbonyl (C=O) groups is 1. The number of amidine groups is 1. The van der Waals surface area contributed by atoms with Crippen molar-refractivity contribution in [2.24, 2.45) is 0 Å². The topological polar surface area (TPSA) is 73.6 Å². The molecule has 0 saturated heterocycles. The minimum absolute atomic E-state index is 0.0149. The van der Waals surface area contributed by atoms with Crippen molar-refractivity contribution in [2.45, 2.75) is 39.0 Å². The van der Waals surface area contributed by atoms with Crippen molar-refractivity contribution in [1.82, 2.24) is 0 Å². The number of Topliss-reactive ketones (excluding diaryl/α,β-unsaturated/α-hetero) is 1. The number of aliphatic hydroxyl groups is 1. The van der Waals surface area contributed by atoms with Gasteiger partial charge in [-0.15, -0.1) is 0 Å². The molecular formula is C31H29ClN2O3. The Kier molecular flexibility index (Phi) is 6.65. The van der Waals surface area contributed by atoms with E-state index in [1.807, 2.05) is 80.6 Å². The average Bonchev–Trinajstić information content (AvgIpc) is 2.90. The summed E-state index contributed by atoms with van der Waals surface area (Å²) in [6.45, 7) is 3.91. The molecule has 5 rings (SSSR count). The smallest absolute Gasteiger partial charge is 0.161 e. The van der Waals surface area contributed by atoms with Crippen molar-refractivity contribution in [3.05, 3.63) is 111 Å². The van der Waals surface area contributed by atoms with Gasteiger partial charge in [-0.1, -0.05) is 59.6 Å². The second-order valence-corrected chi connectivity index (χ2v) is 10.00. The van der Waals surface area contributed by atoms with Crippen LogP contribution in [0.5, 0.6) is 5.75 Å². The van der Waals surface area contributed by atoms with Gasteiger partial charge in [0.15, 0.2) is 5.78 Å². The van der Waals surface area contributed by atoms with Crippen LogP contribution >= 0.6 is 11.6 Å². The highest BCUT2D eigenvalue weighted by molar-refractivity contribution is 6.32. The molecule has 188 valence electrons. The summed E-state index contributed by atoms with van der Waals surface area (Å²) in [6.07, 6.45) is 1.79. The van der Waals surface area contributed by atoms with Gasteiger partial charge in [-0.05, 0) is 62.1 Å². The number of nitrogens with one attached hydrogen (secondary N) is 1. The lowest BCUT2D eigenvalue weighted by atomic mass is 9.73. The molecule has 5 nitrogen and oxygen atoms in total. The molecule has 1 aliphatic carbocycles. The van der Waals surface area contributed by atoms with Gasteiger partial charge in [-0.3, -0.25) is 15.1 Å². The van der Waals surface area contributed by atoms with Gasteiger partial charge in [0.2, 0.25) is 0 Å². The summed E-state index contributed by atoms with van der Waals surface area (Å²) in [5.41, 5.74) is 5.92. The highest BCUT2D eigenvalue weighted by atomic mass is 35.5.